The van der Waals surface area contributed by atoms with Crippen molar-refractivity contribution in [3.8, 4) is 0 Å². The topological polar surface area (TPSA) is 31.4 Å². The van der Waals surface area contributed by atoms with Crippen molar-refractivity contribution in [3.05, 3.63) is 29.6 Å². The van der Waals surface area contributed by atoms with E-state index in [0.717, 1.165) is 24.1 Å². The Morgan fingerprint density at radius 1 is 1.33 bits per heavy atom. The smallest absolute Gasteiger partial charge is 0.196 e. The zero-order valence-corrected chi connectivity index (χ0v) is 9.32. The predicted molar refractivity (Wildman–Crippen MR) is 57.5 cm³/mol. The van der Waals surface area contributed by atoms with E-state index in [-0.39, 0.29) is 0 Å². The highest BCUT2D eigenvalue weighted by Gasteiger charge is 2.40. The molecule has 82 valence electrons. The summed E-state index contributed by atoms with van der Waals surface area (Å²) in [6.07, 6.45) is 3.64. The first-order valence-electron chi connectivity index (χ1n) is 5.54. The molecule has 1 heterocycles. The lowest BCUT2D eigenvalue weighted by Crippen LogP contribution is -2.30. The van der Waals surface area contributed by atoms with E-state index in [4.69, 9.17) is 9.47 Å². The molecule has 0 radical (unpaired) electrons. The highest BCUT2D eigenvalue weighted by Crippen LogP contribution is 2.39. The van der Waals surface area contributed by atoms with Gasteiger partial charge in [0.1, 0.15) is 0 Å². The van der Waals surface area contributed by atoms with E-state index in [0.29, 0.717) is 13.2 Å². The van der Waals surface area contributed by atoms with Crippen LogP contribution in [0.1, 0.15) is 31.5 Å². The Morgan fingerprint density at radius 3 is 2.73 bits per heavy atom. The quantitative estimate of drug-likeness (QED) is 0.710. The number of rotatable bonds is 4. The summed E-state index contributed by atoms with van der Waals surface area (Å²) in [7, 11) is 0. The van der Waals surface area contributed by atoms with Gasteiger partial charge in [0.05, 0.1) is 0 Å². The Bertz CT molecular complexity index is 327. The van der Waals surface area contributed by atoms with Crippen LogP contribution in [0, 0.1) is 0 Å². The van der Waals surface area contributed by atoms with Gasteiger partial charge in [-0.25, -0.2) is 0 Å². The fourth-order valence-electron chi connectivity index (χ4n) is 2.21. The molecule has 0 saturated carbocycles. The number of fused-ring (bicyclic) bond motifs is 1. The van der Waals surface area contributed by atoms with E-state index in [1.54, 1.807) is 0 Å². The first-order valence-corrected chi connectivity index (χ1v) is 5.54. The summed E-state index contributed by atoms with van der Waals surface area (Å²) < 4.78 is 11.6. The summed E-state index contributed by atoms with van der Waals surface area (Å²) in [4.78, 5) is 4.36. The highest BCUT2D eigenvalue weighted by molar-refractivity contribution is 5.30. The van der Waals surface area contributed by atoms with Crippen LogP contribution in [0.15, 0.2) is 18.3 Å². The van der Waals surface area contributed by atoms with Crippen molar-refractivity contribution in [2.75, 3.05) is 13.2 Å². The van der Waals surface area contributed by atoms with Gasteiger partial charge in [-0.05, 0) is 26.3 Å². The van der Waals surface area contributed by atoms with Crippen LogP contribution < -0.4 is 0 Å². The minimum Gasteiger partial charge on any atom is -0.346 e. The second-order valence-electron chi connectivity index (χ2n) is 3.62. The first-order chi connectivity index (χ1) is 7.32. The minimum atomic E-state index is -0.535. The van der Waals surface area contributed by atoms with Crippen LogP contribution in [0.3, 0.4) is 0 Å². The molecule has 1 aliphatic rings. The lowest BCUT2D eigenvalue weighted by molar-refractivity contribution is -0.240. The van der Waals surface area contributed by atoms with Crippen molar-refractivity contribution in [2.45, 2.75) is 32.5 Å². The number of aromatic nitrogens is 1. The molecular weight excluding hydrogens is 190 g/mol. The van der Waals surface area contributed by atoms with E-state index in [2.05, 4.69) is 11.1 Å². The van der Waals surface area contributed by atoms with Gasteiger partial charge in [0.25, 0.3) is 0 Å². The summed E-state index contributed by atoms with van der Waals surface area (Å²) in [6.45, 7) is 5.31. The van der Waals surface area contributed by atoms with Gasteiger partial charge in [-0.2, -0.15) is 0 Å². The molecule has 0 aliphatic heterocycles. The number of hydrogen-bond acceptors (Lipinski definition) is 3. The summed E-state index contributed by atoms with van der Waals surface area (Å²) in [5, 5.41) is 0. The maximum Gasteiger partial charge on any atom is 0.196 e. The van der Waals surface area contributed by atoms with E-state index in [9.17, 15) is 0 Å². The number of ether oxygens (including phenoxy) is 2. The monoisotopic (exact) mass is 207 g/mol. The van der Waals surface area contributed by atoms with Gasteiger partial charge < -0.3 is 9.47 Å². The van der Waals surface area contributed by atoms with Gasteiger partial charge in [-0.3, -0.25) is 4.98 Å². The molecule has 0 aromatic carbocycles. The molecule has 0 atom stereocenters. The number of aryl methyl sites for hydroxylation is 1. The number of hydrogen-bond donors (Lipinski definition) is 0. The zero-order valence-electron chi connectivity index (χ0n) is 9.32. The molecule has 1 aromatic rings. The minimum absolute atomic E-state index is 0.535. The Labute approximate surface area is 90.4 Å². The fourth-order valence-corrected chi connectivity index (χ4v) is 2.21. The summed E-state index contributed by atoms with van der Waals surface area (Å²) in [6, 6.07) is 4.00. The van der Waals surface area contributed by atoms with Crippen molar-refractivity contribution in [1.82, 2.24) is 4.98 Å². The summed E-state index contributed by atoms with van der Waals surface area (Å²) in [5.74, 6) is -0.535. The Hall–Kier alpha value is -0.930. The van der Waals surface area contributed by atoms with Gasteiger partial charge in [-0.1, -0.05) is 6.07 Å². The molecule has 3 nitrogen and oxygen atoms in total. The van der Waals surface area contributed by atoms with Crippen molar-refractivity contribution in [3.63, 3.8) is 0 Å². The van der Waals surface area contributed by atoms with Crippen LogP contribution >= 0.6 is 0 Å². The van der Waals surface area contributed by atoms with Gasteiger partial charge >= 0.3 is 0 Å². The third-order valence-corrected chi connectivity index (χ3v) is 2.75. The summed E-state index contributed by atoms with van der Waals surface area (Å²) >= 11 is 0. The Balaban J connectivity index is 2.35. The lowest BCUT2D eigenvalue weighted by Gasteiger charge is -2.29. The molecule has 0 fully saturated rings. The molecule has 0 spiro atoms. The first kappa shape index (κ1) is 10.6. The van der Waals surface area contributed by atoms with Gasteiger partial charge in [0.2, 0.25) is 0 Å². The van der Waals surface area contributed by atoms with Crippen molar-refractivity contribution >= 4 is 0 Å². The number of nitrogens with zero attached hydrogens (tertiary/aromatic N) is 1. The Morgan fingerprint density at radius 2 is 2.07 bits per heavy atom. The molecule has 0 amide bonds. The van der Waals surface area contributed by atoms with E-state index >= 15 is 0 Å². The van der Waals surface area contributed by atoms with Crippen LogP contribution in [0.4, 0.5) is 0 Å². The third kappa shape index (κ3) is 1.77. The second kappa shape index (κ2) is 4.29. The van der Waals surface area contributed by atoms with Gasteiger partial charge in [0.15, 0.2) is 5.79 Å². The molecule has 0 saturated heterocycles. The van der Waals surface area contributed by atoms with Crippen LogP contribution in [-0.4, -0.2) is 18.2 Å². The molecular formula is C12H17NO2. The van der Waals surface area contributed by atoms with Crippen molar-refractivity contribution < 1.29 is 9.47 Å². The third-order valence-electron chi connectivity index (χ3n) is 2.75. The van der Waals surface area contributed by atoms with Crippen molar-refractivity contribution in [1.29, 1.82) is 0 Å². The van der Waals surface area contributed by atoms with Crippen LogP contribution in [0.25, 0.3) is 0 Å². The molecule has 1 aliphatic carbocycles. The summed E-state index contributed by atoms with van der Waals surface area (Å²) in [5.41, 5.74) is 2.22. The molecule has 0 unspecified atom stereocenters. The van der Waals surface area contributed by atoms with Crippen molar-refractivity contribution in [2.24, 2.45) is 0 Å². The standard InChI is InChI=1S/C12H17NO2/c1-3-14-12(15-4-2)8-7-11-10(12)6-5-9-13-11/h5-6,9H,3-4,7-8H2,1-2H3. The van der Waals surface area contributed by atoms with E-state index < -0.39 is 5.79 Å². The highest BCUT2D eigenvalue weighted by atomic mass is 16.7. The predicted octanol–water partition coefficient (Wildman–Crippen LogP) is 2.25. The van der Waals surface area contributed by atoms with Gasteiger partial charge in [-0.15, -0.1) is 0 Å². The fraction of sp³-hybridized carbons (Fsp3) is 0.583. The lowest BCUT2D eigenvalue weighted by atomic mass is 10.1. The van der Waals surface area contributed by atoms with Gasteiger partial charge in [0, 0.05) is 37.1 Å². The molecule has 2 rings (SSSR count). The molecule has 1 aromatic heterocycles. The zero-order chi connectivity index (χ0) is 10.7. The Kier molecular flexibility index (Phi) is 3.03. The molecule has 0 bridgehead atoms. The van der Waals surface area contributed by atoms with Crippen LogP contribution in [-0.2, 0) is 21.7 Å². The normalized spacial score (nSPS) is 17.7. The molecule has 3 heteroatoms. The molecule has 0 N–H and O–H groups in total. The largest absolute Gasteiger partial charge is 0.346 e. The molecule has 15 heavy (non-hydrogen) atoms. The van der Waals surface area contributed by atoms with Crippen LogP contribution in [0.5, 0.6) is 0 Å². The maximum atomic E-state index is 5.80. The average molecular weight is 207 g/mol. The van der Waals surface area contributed by atoms with E-state index in [1.165, 1.54) is 0 Å². The second-order valence-corrected chi connectivity index (χ2v) is 3.62. The SMILES string of the molecule is CCOC1(OCC)CCc2ncccc21. The average Bonchev–Trinajstić information content (AvgIpc) is 2.60. The van der Waals surface area contributed by atoms with Crippen LogP contribution in [0.2, 0.25) is 0 Å². The maximum absolute atomic E-state index is 5.80. The number of pyridine rings is 1. The van der Waals surface area contributed by atoms with E-state index in [1.807, 2.05) is 26.1 Å².